The van der Waals surface area contributed by atoms with Gasteiger partial charge in [-0.1, -0.05) is 13.8 Å². The van der Waals surface area contributed by atoms with Gasteiger partial charge in [0, 0.05) is 42.8 Å². The number of aliphatic hydroxyl groups is 1. The summed E-state index contributed by atoms with van der Waals surface area (Å²) in [6.07, 6.45) is 10.1. The molecule has 184 valence electrons. The van der Waals surface area contributed by atoms with Crippen molar-refractivity contribution in [3.05, 3.63) is 43.0 Å². The number of imidazole rings is 1. The van der Waals surface area contributed by atoms with Crippen LogP contribution in [-0.4, -0.2) is 59.5 Å². The van der Waals surface area contributed by atoms with E-state index < -0.39 is 6.23 Å². The molecule has 36 heavy (non-hydrogen) atoms. The first-order chi connectivity index (χ1) is 17.6. The number of H-pyrrole nitrogens is 2. The molecule has 6 heterocycles. The van der Waals surface area contributed by atoms with Crippen molar-refractivity contribution in [3.63, 3.8) is 0 Å². The Bertz CT molecular complexity index is 1520. The molecule has 1 fully saturated rings. The van der Waals surface area contributed by atoms with Crippen LogP contribution in [0.3, 0.4) is 0 Å². The number of piperidine rings is 1. The molecule has 10 heteroatoms. The molecule has 0 bridgehead atoms. The van der Waals surface area contributed by atoms with Gasteiger partial charge in [0.1, 0.15) is 17.4 Å². The first kappa shape index (κ1) is 22.4. The summed E-state index contributed by atoms with van der Waals surface area (Å²) in [6, 6.07) is 6.05. The second-order valence-electron chi connectivity index (χ2n) is 9.65. The van der Waals surface area contributed by atoms with Crippen LogP contribution in [0.15, 0.2) is 43.0 Å². The maximum atomic E-state index is 10.2. The van der Waals surface area contributed by atoms with Crippen LogP contribution < -0.4 is 10.2 Å². The monoisotopic (exact) mass is 483 g/mol. The van der Waals surface area contributed by atoms with Crippen molar-refractivity contribution < 1.29 is 5.11 Å². The van der Waals surface area contributed by atoms with Crippen LogP contribution >= 0.6 is 0 Å². The first-order valence-corrected chi connectivity index (χ1v) is 12.4. The largest absolute Gasteiger partial charge is 0.374 e. The fraction of sp³-hybridized carbons (Fsp3) is 0.346. The third-order valence-electron chi connectivity index (χ3n) is 6.73. The molecule has 4 N–H and O–H groups in total. The van der Waals surface area contributed by atoms with Crippen LogP contribution in [0.5, 0.6) is 0 Å². The average Bonchev–Trinajstić information content (AvgIpc) is 3.53. The smallest absolute Gasteiger partial charge is 0.181 e. The molecular formula is C26H29N9O. The topological polar surface area (TPSA) is 132 Å². The van der Waals surface area contributed by atoms with Crippen LogP contribution in [0, 0.1) is 5.92 Å². The summed E-state index contributed by atoms with van der Waals surface area (Å²) in [6.45, 7) is 6.00. The molecule has 0 amide bonds. The van der Waals surface area contributed by atoms with Crippen molar-refractivity contribution in [2.75, 3.05) is 23.3 Å². The molecule has 0 aliphatic carbocycles. The van der Waals surface area contributed by atoms with Gasteiger partial charge < -0.3 is 20.3 Å². The van der Waals surface area contributed by atoms with E-state index in [0.717, 1.165) is 52.2 Å². The zero-order valence-electron chi connectivity index (χ0n) is 20.4. The summed E-state index contributed by atoms with van der Waals surface area (Å²) in [4.78, 5) is 24.1. The van der Waals surface area contributed by atoms with Gasteiger partial charge in [-0.2, -0.15) is 5.10 Å². The van der Waals surface area contributed by atoms with Crippen molar-refractivity contribution >= 4 is 33.6 Å². The Hall–Kier alpha value is -4.05. The van der Waals surface area contributed by atoms with Gasteiger partial charge in [-0.15, -0.1) is 0 Å². The molecule has 0 radical (unpaired) electrons. The number of pyridine rings is 3. The van der Waals surface area contributed by atoms with E-state index >= 15 is 0 Å². The summed E-state index contributed by atoms with van der Waals surface area (Å²) in [5.74, 6) is 0.755. The lowest BCUT2D eigenvalue weighted by Gasteiger charge is -2.28. The molecular weight excluding hydrogens is 454 g/mol. The second-order valence-corrected chi connectivity index (χ2v) is 9.65. The minimum Gasteiger partial charge on any atom is -0.374 e. The Balaban J connectivity index is 1.37. The summed E-state index contributed by atoms with van der Waals surface area (Å²) in [5.41, 5.74) is 6.66. The van der Waals surface area contributed by atoms with Gasteiger partial charge in [-0.05, 0) is 43.4 Å². The highest BCUT2D eigenvalue weighted by Gasteiger charge is 2.19. The van der Waals surface area contributed by atoms with Gasteiger partial charge in [0.15, 0.2) is 17.1 Å². The first-order valence-electron chi connectivity index (χ1n) is 12.4. The van der Waals surface area contributed by atoms with E-state index in [2.05, 4.69) is 46.4 Å². The highest BCUT2D eigenvalue weighted by molar-refractivity contribution is 5.95. The molecule has 1 unspecified atom stereocenters. The molecule has 0 aromatic carbocycles. The molecule has 1 saturated heterocycles. The minimum atomic E-state index is -0.653. The van der Waals surface area contributed by atoms with Crippen molar-refractivity contribution in [3.8, 4) is 22.6 Å². The maximum absolute atomic E-state index is 10.2. The number of anilines is 2. The van der Waals surface area contributed by atoms with Gasteiger partial charge in [0.05, 0.1) is 23.0 Å². The molecule has 0 spiro atoms. The molecule has 5 aromatic heterocycles. The number of hydrogen-bond acceptors (Lipinski definition) is 8. The third-order valence-corrected chi connectivity index (χ3v) is 6.73. The van der Waals surface area contributed by atoms with Gasteiger partial charge in [-0.3, -0.25) is 10.1 Å². The van der Waals surface area contributed by atoms with Crippen LogP contribution in [0.2, 0.25) is 0 Å². The normalized spacial score (nSPS) is 15.2. The lowest BCUT2D eigenvalue weighted by molar-refractivity contribution is 0.153. The highest BCUT2D eigenvalue weighted by atomic mass is 16.3. The van der Waals surface area contributed by atoms with Gasteiger partial charge in [0.25, 0.3) is 0 Å². The van der Waals surface area contributed by atoms with Crippen LogP contribution in [0.1, 0.15) is 33.1 Å². The molecule has 10 nitrogen and oxygen atoms in total. The predicted molar refractivity (Wildman–Crippen MR) is 141 cm³/mol. The third kappa shape index (κ3) is 4.13. The Morgan fingerprint density at radius 1 is 1.00 bits per heavy atom. The fourth-order valence-electron chi connectivity index (χ4n) is 4.67. The summed E-state index contributed by atoms with van der Waals surface area (Å²) < 4.78 is 0. The zero-order valence-corrected chi connectivity index (χ0v) is 20.4. The predicted octanol–water partition coefficient (Wildman–Crippen LogP) is 4.33. The van der Waals surface area contributed by atoms with Crippen LogP contribution in [-0.2, 0) is 0 Å². The molecule has 1 atom stereocenters. The number of nitrogens with zero attached hydrogens (tertiary/aromatic N) is 6. The highest BCUT2D eigenvalue weighted by Crippen LogP contribution is 2.32. The number of aromatic amines is 2. The summed E-state index contributed by atoms with van der Waals surface area (Å²) in [7, 11) is 0. The molecule has 6 rings (SSSR count). The van der Waals surface area contributed by atoms with Gasteiger partial charge in [-0.25, -0.2) is 15.0 Å². The van der Waals surface area contributed by atoms with Crippen molar-refractivity contribution in [1.29, 1.82) is 0 Å². The number of nitrogens with one attached hydrogen (secondary N) is 3. The lowest BCUT2D eigenvalue weighted by Crippen LogP contribution is -2.29. The van der Waals surface area contributed by atoms with Crippen molar-refractivity contribution in [2.24, 2.45) is 5.92 Å². The Morgan fingerprint density at radius 2 is 1.83 bits per heavy atom. The van der Waals surface area contributed by atoms with Gasteiger partial charge in [0.2, 0.25) is 0 Å². The lowest BCUT2D eigenvalue weighted by atomic mass is 10.1. The number of hydrogen-bond donors (Lipinski definition) is 4. The van der Waals surface area contributed by atoms with E-state index in [1.165, 1.54) is 19.3 Å². The van der Waals surface area contributed by atoms with Crippen molar-refractivity contribution in [1.82, 2.24) is 35.1 Å². The Kier molecular flexibility index (Phi) is 5.73. The SMILES string of the molecule is CC(C)C(O)Nc1cncc(-c2cnc3n[nH]c(-c4nc5nccc(N6CCCCC6)c5[nH]4)c3c2)c1. The Morgan fingerprint density at radius 3 is 2.67 bits per heavy atom. The number of aromatic nitrogens is 7. The quantitative estimate of drug-likeness (QED) is 0.262. The molecule has 1 aliphatic heterocycles. The van der Waals surface area contributed by atoms with Gasteiger partial charge >= 0.3 is 0 Å². The second kappa shape index (κ2) is 9.19. The van der Waals surface area contributed by atoms with E-state index in [0.29, 0.717) is 17.1 Å². The maximum Gasteiger partial charge on any atom is 0.181 e. The summed E-state index contributed by atoms with van der Waals surface area (Å²) in [5, 5.41) is 21.7. The molecule has 1 aliphatic rings. The standard InChI is InChI=1S/C26H29N9O/c1-15(2)26(36)30-18-10-16(12-27-14-18)17-11-19-21(33-34-23(19)29-13-17)25-31-22-20(6-7-28-24(22)32-25)35-8-4-3-5-9-35/h6-7,10-15,26,30,36H,3-5,8-9H2,1-2H3,(H,28,31,32)(H,29,33,34). The summed E-state index contributed by atoms with van der Waals surface area (Å²) >= 11 is 0. The number of rotatable bonds is 6. The number of aliphatic hydroxyl groups excluding tert-OH is 1. The number of fused-ring (bicyclic) bond motifs is 2. The average molecular weight is 484 g/mol. The van der Waals surface area contributed by atoms with E-state index in [9.17, 15) is 5.11 Å². The Labute approximate surface area is 208 Å². The van der Waals surface area contributed by atoms with E-state index in [4.69, 9.17) is 4.98 Å². The zero-order chi connectivity index (χ0) is 24.6. The molecule has 0 saturated carbocycles. The minimum absolute atomic E-state index is 0.0777. The van der Waals surface area contributed by atoms with Crippen molar-refractivity contribution in [2.45, 2.75) is 39.3 Å². The van der Waals surface area contributed by atoms with E-state index in [1.54, 1.807) is 18.6 Å². The van der Waals surface area contributed by atoms with Crippen LogP contribution in [0.4, 0.5) is 11.4 Å². The molecule has 5 aromatic rings. The van der Waals surface area contributed by atoms with Crippen LogP contribution in [0.25, 0.3) is 44.8 Å². The van der Waals surface area contributed by atoms with E-state index in [-0.39, 0.29) is 5.92 Å². The fourth-order valence-corrected chi connectivity index (χ4v) is 4.67. The van der Waals surface area contributed by atoms with E-state index in [1.807, 2.05) is 32.2 Å².